The van der Waals surface area contributed by atoms with Crippen LogP contribution < -0.4 is 10.2 Å². The number of fused-ring (bicyclic) bond motifs is 1. The highest BCUT2D eigenvalue weighted by molar-refractivity contribution is 5.94. The summed E-state index contributed by atoms with van der Waals surface area (Å²) in [5.41, 5.74) is 4.41. The number of pyridine rings is 1. The van der Waals surface area contributed by atoms with Crippen molar-refractivity contribution < 1.29 is 4.79 Å². The smallest absolute Gasteiger partial charge is 0.252 e. The van der Waals surface area contributed by atoms with E-state index in [1.165, 1.54) is 11.1 Å². The van der Waals surface area contributed by atoms with Gasteiger partial charge in [-0.25, -0.2) is 0 Å². The Morgan fingerprint density at radius 2 is 2.04 bits per heavy atom. The van der Waals surface area contributed by atoms with Crippen molar-refractivity contribution in [1.29, 1.82) is 0 Å². The van der Waals surface area contributed by atoms with Gasteiger partial charge in [0.2, 0.25) is 0 Å². The van der Waals surface area contributed by atoms with Crippen LogP contribution in [0.4, 0.5) is 5.69 Å². The molecule has 0 spiro atoms. The van der Waals surface area contributed by atoms with E-state index in [4.69, 9.17) is 0 Å². The van der Waals surface area contributed by atoms with Crippen molar-refractivity contribution in [3.05, 3.63) is 59.4 Å². The van der Waals surface area contributed by atoms with Crippen LogP contribution in [0.2, 0.25) is 0 Å². The van der Waals surface area contributed by atoms with E-state index in [-0.39, 0.29) is 5.91 Å². The Bertz CT molecular complexity index is 697. The molecule has 0 aliphatic carbocycles. The fourth-order valence-corrected chi connectivity index (χ4v) is 2.84. The van der Waals surface area contributed by atoms with E-state index in [0.717, 1.165) is 25.2 Å². The number of amides is 1. The molecule has 1 N–H and O–H groups in total. The fourth-order valence-electron chi connectivity index (χ4n) is 2.84. The van der Waals surface area contributed by atoms with E-state index in [0.29, 0.717) is 18.0 Å². The van der Waals surface area contributed by atoms with Crippen LogP contribution in [0.25, 0.3) is 0 Å². The topological polar surface area (TPSA) is 45.2 Å². The van der Waals surface area contributed by atoms with Gasteiger partial charge in [0.05, 0.1) is 17.4 Å². The van der Waals surface area contributed by atoms with Crippen molar-refractivity contribution in [3.63, 3.8) is 0 Å². The summed E-state index contributed by atoms with van der Waals surface area (Å²) >= 11 is 0. The molecule has 0 bridgehead atoms. The summed E-state index contributed by atoms with van der Waals surface area (Å²) in [6.45, 7) is 6.67. The number of carbonyl (C=O) groups is 1. The molecule has 1 amide bonds. The highest BCUT2D eigenvalue weighted by atomic mass is 16.1. The van der Waals surface area contributed by atoms with Crippen LogP contribution in [-0.2, 0) is 13.0 Å². The van der Waals surface area contributed by atoms with Gasteiger partial charge in [-0.05, 0) is 29.5 Å². The second-order valence-corrected chi connectivity index (χ2v) is 6.48. The average Bonchev–Trinajstić information content (AvgIpc) is 2.59. The Morgan fingerprint density at radius 3 is 2.83 bits per heavy atom. The molecule has 1 aliphatic rings. The highest BCUT2D eigenvalue weighted by Gasteiger charge is 2.17. The van der Waals surface area contributed by atoms with Gasteiger partial charge in [-0.15, -0.1) is 0 Å². The molecule has 0 fully saturated rings. The first kappa shape index (κ1) is 15.5. The van der Waals surface area contributed by atoms with Crippen LogP contribution in [0.5, 0.6) is 0 Å². The third kappa shape index (κ3) is 3.70. The van der Waals surface area contributed by atoms with E-state index in [2.05, 4.69) is 53.3 Å². The van der Waals surface area contributed by atoms with E-state index in [1.54, 1.807) is 6.20 Å². The largest absolute Gasteiger partial charge is 0.366 e. The van der Waals surface area contributed by atoms with E-state index in [9.17, 15) is 4.79 Å². The van der Waals surface area contributed by atoms with E-state index in [1.807, 2.05) is 12.3 Å². The van der Waals surface area contributed by atoms with Crippen LogP contribution in [0.15, 0.2) is 42.7 Å². The summed E-state index contributed by atoms with van der Waals surface area (Å²) in [6.07, 6.45) is 4.50. The number of anilines is 1. The molecule has 120 valence electrons. The first-order valence-electron chi connectivity index (χ1n) is 8.18. The van der Waals surface area contributed by atoms with Gasteiger partial charge in [-0.2, -0.15) is 0 Å². The molecule has 0 saturated carbocycles. The minimum atomic E-state index is -0.0505. The Labute approximate surface area is 137 Å². The van der Waals surface area contributed by atoms with Crippen LogP contribution in [0, 0.1) is 5.92 Å². The molecule has 4 nitrogen and oxygen atoms in total. The number of benzene rings is 1. The van der Waals surface area contributed by atoms with Gasteiger partial charge in [0, 0.05) is 25.8 Å². The summed E-state index contributed by atoms with van der Waals surface area (Å²) in [5, 5.41) is 2.95. The molecule has 2 heterocycles. The van der Waals surface area contributed by atoms with Crippen LogP contribution in [-0.4, -0.2) is 24.0 Å². The summed E-state index contributed by atoms with van der Waals surface area (Å²) in [5.74, 6) is 0.388. The van der Waals surface area contributed by atoms with Gasteiger partial charge in [-0.1, -0.05) is 38.1 Å². The number of carbonyl (C=O) groups excluding carboxylic acids is 1. The van der Waals surface area contributed by atoms with E-state index < -0.39 is 0 Å². The maximum atomic E-state index is 12.2. The summed E-state index contributed by atoms with van der Waals surface area (Å²) in [6, 6.07) is 10.5. The van der Waals surface area contributed by atoms with Crippen molar-refractivity contribution in [2.24, 2.45) is 5.92 Å². The lowest BCUT2D eigenvalue weighted by Crippen LogP contribution is -2.31. The summed E-state index contributed by atoms with van der Waals surface area (Å²) in [7, 11) is 0. The van der Waals surface area contributed by atoms with Gasteiger partial charge in [0.1, 0.15) is 0 Å². The number of nitrogens with zero attached hydrogens (tertiary/aromatic N) is 2. The van der Waals surface area contributed by atoms with Gasteiger partial charge < -0.3 is 10.2 Å². The maximum Gasteiger partial charge on any atom is 0.252 e. The standard InChI is InChI=1S/C19H23N3O/c1-14(2)10-21-19(23)17-9-18(12-20-11-17)22-8-7-15-5-3-4-6-16(15)13-22/h3-6,9,11-12,14H,7-8,10,13H2,1-2H3,(H,21,23). The minimum absolute atomic E-state index is 0.0505. The van der Waals surface area contributed by atoms with E-state index >= 15 is 0 Å². The first-order chi connectivity index (χ1) is 11.1. The normalized spacial score (nSPS) is 13.8. The zero-order valence-corrected chi connectivity index (χ0v) is 13.7. The lowest BCUT2D eigenvalue weighted by Gasteiger charge is -2.30. The average molecular weight is 309 g/mol. The first-order valence-corrected chi connectivity index (χ1v) is 8.18. The molecular formula is C19H23N3O. The van der Waals surface area contributed by atoms with Gasteiger partial charge in [0.15, 0.2) is 0 Å². The zero-order valence-electron chi connectivity index (χ0n) is 13.7. The highest BCUT2D eigenvalue weighted by Crippen LogP contribution is 2.24. The number of nitrogens with one attached hydrogen (secondary N) is 1. The van der Waals surface area contributed by atoms with Crippen molar-refractivity contribution in [3.8, 4) is 0 Å². The quantitative estimate of drug-likeness (QED) is 0.944. The molecule has 2 aromatic rings. The minimum Gasteiger partial charge on any atom is -0.366 e. The Hall–Kier alpha value is -2.36. The number of aromatic nitrogens is 1. The molecule has 1 aliphatic heterocycles. The zero-order chi connectivity index (χ0) is 16.2. The third-order valence-electron chi connectivity index (χ3n) is 4.15. The number of hydrogen-bond donors (Lipinski definition) is 1. The lowest BCUT2D eigenvalue weighted by molar-refractivity contribution is 0.0948. The summed E-state index contributed by atoms with van der Waals surface area (Å²) in [4.78, 5) is 18.8. The Balaban J connectivity index is 1.74. The number of rotatable bonds is 4. The molecule has 0 saturated heterocycles. The third-order valence-corrected chi connectivity index (χ3v) is 4.15. The van der Waals surface area contributed by atoms with Crippen LogP contribution in [0.3, 0.4) is 0 Å². The SMILES string of the molecule is CC(C)CNC(=O)c1cncc(N2CCc3ccccc3C2)c1. The molecular weight excluding hydrogens is 286 g/mol. The molecule has 3 rings (SSSR count). The fraction of sp³-hybridized carbons (Fsp3) is 0.368. The predicted molar refractivity (Wildman–Crippen MR) is 92.6 cm³/mol. The molecule has 0 atom stereocenters. The van der Waals surface area contributed by atoms with Crippen molar-refractivity contribution >= 4 is 11.6 Å². The predicted octanol–water partition coefficient (Wildman–Crippen LogP) is 3.03. The summed E-state index contributed by atoms with van der Waals surface area (Å²) < 4.78 is 0. The second-order valence-electron chi connectivity index (χ2n) is 6.48. The second kappa shape index (κ2) is 6.82. The number of hydrogen-bond acceptors (Lipinski definition) is 3. The molecule has 0 radical (unpaired) electrons. The lowest BCUT2D eigenvalue weighted by atomic mass is 9.99. The van der Waals surface area contributed by atoms with Gasteiger partial charge >= 0.3 is 0 Å². The molecule has 23 heavy (non-hydrogen) atoms. The van der Waals surface area contributed by atoms with Crippen LogP contribution in [0.1, 0.15) is 35.3 Å². The Morgan fingerprint density at radius 1 is 1.26 bits per heavy atom. The van der Waals surface area contributed by atoms with Gasteiger partial charge in [-0.3, -0.25) is 9.78 Å². The molecule has 1 aromatic carbocycles. The van der Waals surface area contributed by atoms with Crippen molar-refractivity contribution in [2.45, 2.75) is 26.8 Å². The molecule has 0 unspecified atom stereocenters. The van der Waals surface area contributed by atoms with Crippen molar-refractivity contribution in [2.75, 3.05) is 18.0 Å². The molecule has 1 aromatic heterocycles. The van der Waals surface area contributed by atoms with Crippen LogP contribution >= 0.6 is 0 Å². The van der Waals surface area contributed by atoms with Crippen molar-refractivity contribution in [1.82, 2.24) is 10.3 Å². The molecule has 4 heteroatoms. The maximum absolute atomic E-state index is 12.2. The Kier molecular flexibility index (Phi) is 4.60. The van der Waals surface area contributed by atoms with Gasteiger partial charge in [0.25, 0.3) is 5.91 Å². The monoisotopic (exact) mass is 309 g/mol.